The summed E-state index contributed by atoms with van der Waals surface area (Å²) in [5.74, 6) is -12.0. The fourth-order valence-corrected chi connectivity index (χ4v) is 10.5. The number of thiol groups is 2. The molecule has 0 bridgehead atoms. The van der Waals surface area contributed by atoms with Gasteiger partial charge in [0.25, 0.3) is 0 Å². The number of rotatable bonds is 37. The molecule has 0 spiro atoms. The number of amides is 11. The van der Waals surface area contributed by atoms with Crippen molar-refractivity contribution in [1.29, 1.82) is 0 Å². The van der Waals surface area contributed by atoms with Gasteiger partial charge in [0.15, 0.2) is 0 Å². The molecule has 2 heterocycles. The van der Waals surface area contributed by atoms with Crippen molar-refractivity contribution in [2.45, 2.75) is 121 Å². The quantitative estimate of drug-likeness (QED) is 0.0171. The Bertz CT molecular complexity index is 3680. The van der Waals surface area contributed by atoms with Gasteiger partial charge in [-0.3, -0.25) is 57.5 Å². The maximum Gasteiger partial charge on any atom is 0.305 e. The lowest BCUT2D eigenvalue weighted by Gasteiger charge is -2.29. The molecule has 9 atom stereocenters. The molecule has 0 saturated heterocycles. The van der Waals surface area contributed by atoms with Crippen molar-refractivity contribution in [2.24, 2.45) is 11.7 Å². The molecule has 508 valence electrons. The Hall–Kier alpha value is -10.0. The molecule has 11 amide bonds. The van der Waals surface area contributed by atoms with Gasteiger partial charge in [0, 0.05) is 86.1 Å². The number of ether oxygens (including phenoxy) is 1. The largest absolute Gasteiger partial charge is 0.508 e. The van der Waals surface area contributed by atoms with Crippen LogP contribution < -0.4 is 58.9 Å². The van der Waals surface area contributed by atoms with Crippen molar-refractivity contribution >= 4 is 118 Å². The molecule has 0 fully saturated rings. The molecule has 95 heavy (non-hydrogen) atoms. The first-order valence-corrected chi connectivity index (χ1v) is 31.6. The van der Waals surface area contributed by atoms with Crippen LogP contribution in [0.2, 0.25) is 0 Å². The van der Waals surface area contributed by atoms with E-state index in [9.17, 15) is 67.7 Å². The normalized spacial score (nSPS) is 14.0. The fourth-order valence-electron chi connectivity index (χ4n) is 10.0. The van der Waals surface area contributed by atoms with E-state index in [1.54, 1.807) is 56.4 Å². The first kappa shape index (κ1) is 74.0. The number of carbonyl (C=O) groups excluding carboxylic acids is 11. The summed E-state index contributed by atoms with van der Waals surface area (Å²) in [4.78, 5) is 173. The lowest BCUT2D eigenvalue weighted by atomic mass is 9.97. The highest BCUT2D eigenvalue weighted by Crippen LogP contribution is 2.22. The molecule has 0 aliphatic rings. The zero-order chi connectivity index (χ0) is 69.3. The number of hydrogen-bond donors (Lipinski definition) is 17. The second-order valence-electron chi connectivity index (χ2n) is 22.7. The van der Waals surface area contributed by atoms with Gasteiger partial charge >= 0.3 is 5.97 Å². The summed E-state index contributed by atoms with van der Waals surface area (Å²) < 4.78 is 5.41. The van der Waals surface area contributed by atoms with Crippen LogP contribution in [-0.2, 0) is 88.0 Å². The highest BCUT2D eigenvalue weighted by molar-refractivity contribution is 7.80. The zero-order valence-electron chi connectivity index (χ0n) is 52.6. The summed E-state index contributed by atoms with van der Waals surface area (Å²) in [7, 11) is 0. The number of phenolic OH excluding ortho intramolecular Hbond substituents is 1. The first-order valence-electron chi connectivity index (χ1n) is 30.4. The number of benzene rings is 4. The van der Waals surface area contributed by atoms with Gasteiger partial charge in [0.1, 0.15) is 60.1 Å². The number of imidazole rings is 1. The van der Waals surface area contributed by atoms with E-state index in [0.29, 0.717) is 33.3 Å². The molecule has 4 aromatic carbocycles. The van der Waals surface area contributed by atoms with Gasteiger partial charge in [-0.15, -0.1) is 0 Å². The highest BCUT2D eigenvalue weighted by atomic mass is 32.1. The third kappa shape index (κ3) is 22.9. The summed E-state index contributed by atoms with van der Waals surface area (Å²) in [6, 6.07) is 12.5. The van der Waals surface area contributed by atoms with Gasteiger partial charge < -0.3 is 83.8 Å². The molecule has 6 aromatic rings. The number of nitrogens with one attached hydrogen (secondary N) is 12. The molecular formula is C64H80N14O15S2. The SMILES string of the molecule is CC(=O)N[C@@H](CS)C(=O)N[C@@H](C)C(=O)N[C@@H](CC(=O)O)C(=O)N[C@@H](Cc1c[nH]c2ccccc12)C(=O)N[C@H](C(=O)N[C@@H](CS)C(=O)N[C@@H](Cc1ccc(O)cc1)C(=O)N[C@@H](Cc1cccc2ccccc12)C(=O)N[C@@H](Cc1cnc[nH]1)C(=O)NCCOCCC(N)=O)C(C)C. The van der Waals surface area contributed by atoms with Crippen LogP contribution in [0, 0.1) is 5.92 Å². The number of nitrogens with zero attached hydrogens (tertiary/aromatic N) is 1. The third-order valence-electron chi connectivity index (χ3n) is 15.0. The lowest BCUT2D eigenvalue weighted by molar-refractivity contribution is -0.141. The molecule has 29 nitrogen and oxygen atoms in total. The average Bonchev–Trinajstić information content (AvgIpc) is 1.91. The van der Waals surface area contributed by atoms with Crippen molar-refractivity contribution in [1.82, 2.24) is 68.1 Å². The fraction of sp³-hybridized carbons (Fsp3) is 0.391. The Labute approximate surface area is 557 Å². The molecule has 31 heteroatoms. The number of carboxylic acid groups (broad SMARTS) is 1. The topological polar surface area (TPSA) is 445 Å². The van der Waals surface area contributed by atoms with E-state index < -0.39 is 138 Å². The number of phenols is 1. The molecule has 2 aromatic heterocycles. The summed E-state index contributed by atoms with van der Waals surface area (Å²) in [5, 5.41) is 48.2. The van der Waals surface area contributed by atoms with Crippen molar-refractivity contribution < 1.29 is 72.5 Å². The molecule has 0 radical (unpaired) electrons. The number of aliphatic carboxylic acids is 1. The lowest BCUT2D eigenvalue weighted by Crippen LogP contribution is -2.62. The predicted octanol–water partition coefficient (Wildman–Crippen LogP) is -0.578. The van der Waals surface area contributed by atoms with Crippen LogP contribution in [0.4, 0.5) is 0 Å². The van der Waals surface area contributed by atoms with E-state index in [-0.39, 0.29) is 69.1 Å². The zero-order valence-corrected chi connectivity index (χ0v) is 54.4. The minimum Gasteiger partial charge on any atom is -0.508 e. The minimum absolute atomic E-state index is 0.00888. The van der Waals surface area contributed by atoms with Gasteiger partial charge in [-0.2, -0.15) is 25.3 Å². The number of nitrogens with two attached hydrogens (primary N) is 1. The van der Waals surface area contributed by atoms with Crippen LogP contribution in [0.1, 0.15) is 62.9 Å². The number of primary amides is 1. The molecule has 0 saturated carbocycles. The van der Waals surface area contributed by atoms with Crippen LogP contribution in [-0.4, -0.2) is 182 Å². The Morgan fingerprint density at radius 1 is 0.547 bits per heavy atom. The Morgan fingerprint density at radius 3 is 1.69 bits per heavy atom. The van der Waals surface area contributed by atoms with Crippen molar-refractivity contribution in [3.8, 4) is 5.75 Å². The van der Waals surface area contributed by atoms with Crippen molar-refractivity contribution in [3.63, 3.8) is 0 Å². The second-order valence-corrected chi connectivity index (χ2v) is 23.5. The molecule has 0 aliphatic carbocycles. The molecule has 0 unspecified atom stereocenters. The van der Waals surface area contributed by atoms with Gasteiger partial charge in [0.05, 0.1) is 26.0 Å². The van der Waals surface area contributed by atoms with Crippen LogP contribution >= 0.6 is 25.3 Å². The Kier molecular flexibility index (Phi) is 28.4. The smallest absolute Gasteiger partial charge is 0.305 e. The summed E-state index contributed by atoms with van der Waals surface area (Å²) in [6.07, 6.45) is 2.75. The number of hydrogen-bond acceptors (Lipinski definition) is 17. The van der Waals surface area contributed by atoms with Crippen molar-refractivity contribution in [3.05, 3.63) is 132 Å². The first-order chi connectivity index (χ1) is 45.3. The van der Waals surface area contributed by atoms with E-state index in [1.165, 1.54) is 50.6 Å². The second kappa shape index (κ2) is 36.4. The number of carboxylic acids is 1. The monoisotopic (exact) mass is 1350 g/mol. The van der Waals surface area contributed by atoms with Gasteiger partial charge in [-0.1, -0.05) is 86.6 Å². The standard InChI is InChI=1S/C64H80N14O15S2/c1-34(2)55(78-61(89)48(26-40-29-68-45-15-8-7-14-44(40)45)75-60(88)50(28-54(82)83)72-56(84)35(3)70-62(90)51(31-94)71-36(4)79)64(92)77-52(32-95)63(91)73-46(24-37-16-18-42(80)19-17-37)58(86)74-47(25-39-12-9-11-38-10-5-6-13-43(38)39)59(87)76-49(27-41-30-66-33-69-41)57(85)67-21-23-93-22-20-53(65)81/h5-19,29-30,33-35,46-52,55,68,80,94-95H,20-28,31-32H2,1-4H3,(H2,65,81)(H,66,69)(H,67,85)(H,70,90)(H,71,79)(H,72,84)(H,73,91)(H,74,86)(H,75,88)(H,76,87)(H,77,92)(H,78,89)(H,82,83)/t35-,46-,47-,48-,49-,50-,51-,52-,55-/m0/s1. The van der Waals surface area contributed by atoms with Gasteiger partial charge in [-0.05, 0) is 58.5 Å². The Balaban J connectivity index is 1.24. The van der Waals surface area contributed by atoms with E-state index >= 15 is 0 Å². The van der Waals surface area contributed by atoms with Crippen LogP contribution in [0.15, 0.2) is 110 Å². The van der Waals surface area contributed by atoms with E-state index in [1.807, 2.05) is 30.3 Å². The number of para-hydroxylation sites is 1. The number of carbonyl (C=O) groups is 12. The minimum atomic E-state index is -1.83. The third-order valence-corrected chi connectivity index (χ3v) is 15.8. The van der Waals surface area contributed by atoms with Crippen molar-refractivity contribution in [2.75, 3.05) is 31.3 Å². The van der Waals surface area contributed by atoms with Crippen LogP contribution in [0.25, 0.3) is 21.7 Å². The molecule has 16 N–H and O–H groups in total. The van der Waals surface area contributed by atoms with Gasteiger partial charge in [0.2, 0.25) is 65.0 Å². The van der Waals surface area contributed by atoms with E-state index in [2.05, 4.69) is 93.4 Å². The van der Waals surface area contributed by atoms with Crippen LogP contribution in [0.3, 0.4) is 0 Å². The Morgan fingerprint density at radius 2 is 1.08 bits per heavy atom. The molecule has 6 rings (SSSR count). The number of aromatic nitrogens is 3. The number of aromatic amines is 2. The number of fused-ring (bicyclic) bond motifs is 2. The van der Waals surface area contributed by atoms with E-state index in [0.717, 1.165) is 10.8 Å². The number of H-pyrrole nitrogens is 2. The summed E-state index contributed by atoms with van der Waals surface area (Å²) in [6.45, 7) is 5.62. The average molecular weight is 1350 g/mol. The molecule has 0 aliphatic heterocycles. The molecular weight excluding hydrogens is 1270 g/mol. The summed E-state index contributed by atoms with van der Waals surface area (Å²) in [5.41, 5.74) is 7.92. The number of aromatic hydroxyl groups is 1. The highest BCUT2D eigenvalue weighted by Gasteiger charge is 2.37. The summed E-state index contributed by atoms with van der Waals surface area (Å²) >= 11 is 8.47. The van der Waals surface area contributed by atoms with E-state index in [4.69, 9.17) is 10.5 Å². The predicted molar refractivity (Wildman–Crippen MR) is 355 cm³/mol. The maximum atomic E-state index is 15.0. The van der Waals surface area contributed by atoms with Gasteiger partial charge in [-0.25, -0.2) is 4.98 Å². The maximum absolute atomic E-state index is 15.0. The van der Waals surface area contributed by atoms with Crippen LogP contribution in [0.5, 0.6) is 5.75 Å².